The van der Waals surface area contributed by atoms with Gasteiger partial charge in [-0.3, -0.25) is 9.00 Å². The Hall–Kier alpha value is -1.20. The lowest BCUT2D eigenvalue weighted by molar-refractivity contribution is -0.115. The van der Waals surface area contributed by atoms with Crippen molar-refractivity contribution in [3.8, 4) is 0 Å². The number of carbonyl (C=O) groups excluding carboxylic acids is 1. The van der Waals surface area contributed by atoms with Crippen molar-refractivity contribution in [2.45, 2.75) is 26.3 Å². The van der Waals surface area contributed by atoms with Crippen LogP contribution in [0.2, 0.25) is 0 Å². The maximum Gasteiger partial charge on any atom is 0.225 e. The van der Waals surface area contributed by atoms with Crippen LogP contribution in [0.5, 0.6) is 0 Å². The molecule has 1 unspecified atom stereocenters. The van der Waals surface area contributed by atoms with E-state index < -0.39 is 10.8 Å². The van der Waals surface area contributed by atoms with Crippen molar-refractivity contribution in [1.29, 1.82) is 0 Å². The van der Waals surface area contributed by atoms with E-state index in [1.54, 1.807) is 0 Å². The van der Waals surface area contributed by atoms with Crippen LogP contribution in [0.3, 0.4) is 0 Å². The number of anilines is 1. The van der Waals surface area contributed by atoms with Crippen molar-refractivity contribution in [3.63, 3.8) is 0 Å². The number of rotatable bonds is 7. The Bertz CT molecular complexity index is 421. The second-order valence-electron chi connectivity index (χ2n) is 4.01. The number of benzene rings is 1. The zero-order valence-corrected chi connectivity index (χ0v) is 11.5. The molecule has 0 heterocycles. The van der Waals surface area contributed by atoms with Crippen LogP contribution in [-0.2, 0) is 22.1 Å². The minimum Gasteiger partial charge on any atom is -0.326 e. The van der Waals surface area contributed by atoms with Crippen molar-refractivity contribution < 1.29 is 9.00 Å². The highest BCUT2D eigenvalue weighted by Gasteiger charge is 2.07. The summed E-state index contributed by atoms with van der Waals surface area (Å²) >= 11 is 0. The second kappa shape index (κ2) is 8.00. The van der Waals surface area contributed by atoms with E-state index in [0.717, 1.165) is 17.7 Å². The predicted molar refractivity (Wildman–Crippen MR) is 75.7 cm³/mol. The largest absolute Gasteiger partial charge is 0.326 e. The van der Waals surface area contributed by atoms with Gasteiger partial charge >= 0.3 is 0 Å². The van der Waals surface area contributed by atoms with Crippen molar-refractivity contribution in [2.24, 2.45) is 5.73 Å². The minimum atomic E-state index is -0.891. The Balaban J connectivity index is 2.47. The highest BCUT2D eigenvalue weighted by molar-refractivity contribution is 7.84. The van der Waals surface area contributed by atoms with E-state index >= 15 is 0 Å². The third kappa shape index (κ3) is 4.98. The summed E-state index contributed by atoms with van der Waals surface area (Å²) in [6.07, 6.45) is 1.16. The van der Waals surface area contributed by atoms with Crippen LogP contribution in [0.4, 0.5) is 5.69 Å². The quantitative estimate of drug-likeness (QED) is 0.789. The molecule has 3 N–H and O–H groups in total. The molecule has 0 fully saturated rings. The maximum atomic E-state index is 11.7. The van der Waals surface area contributed by atoms with Gasteiger partial charge in [-0.05, 0) is 18.1 Å². The SMILES string of the molecule is CCCS(=O)CCC(=O)Nc1ccccc1CN. The molecular weight excluding hydrogens is 248 g/mol. The molecule has 1 aromatic rings. The normalized spacial score (nSPS) is 12.1. The smallest absolute Gasteiger partial charge is 0.225 e. The lowest BCUT2D eigenvalue weighted by atomic mass is 10.2. The molecule has 1 rings (SSSR count). The van der Waals surface area contributed by atoms with E-state index in [1.807, 2.05) is 31.2 Å². The summed E-state index contributed by atoms with van der Waals surface area (Å²) in [4.78, 5) is 11.7. The Morgan fingerprint density at radius 2 is 2.06 bits per heavy atom. The zero-order valence-electron chi connectivity index (χ0n) is 10.6. The predicted octanol–water partition coefficient (Wildman–Crippen LogP) is 1.63. The van der Waals surface area contributed by atoms with Gasteiger partial charge in [-0.15, -0.1) is 0 Å². The topological polar surface area (TPSA) is 72.2 Å². The first-order valence-electron chi connectivity index (χ1n) is 6.10. The molecule has 0 saturated heterocycles. The third-order valence-corrected chi connectivity index (χ3v) is 4.02. The Morgan fingerprint density at radius 3 is 2.72 bits per heavy atom. The van der Waals surface area contributed by atoms with E-state index in [1.165, 1.54) is 0 Å². The lowest BCUT2D eigenvalue weighted by Crippen LogP contribution is -2.17. The molecule has 0 aliphatic carbocycles. The number of nitrogens with two attached hydrogens (primary N) is 1. The number of para-hydroxylation sites is 1. The fourth-order valence-corrected chi connectivity index (χ4v) is 2.64. The first-order chi connectivity index (χ1) is 8.67. The zero-order chi connectivity index (χ0) is 13.4. The average molecular weight is 268 g/mol. The molecule has 0 bridgehead atoms. The number of hydrogen-bond donors (Lipinski definition) is 2. The van der Waals surface area contributed by atoms with Crippen LogP contribution in [0.15, 0.2) is 24.3 Å². The first kappa shape index (κ1) is 14.9. The van der Waals surface area contributed by atoms with Crippen LogP contribution < -0.4 is 11.1 Å². The molecule has 4 nitrogen and oxygen atoms in total. The van der Waals surface area contributed by atoms with Gasteiger partial charge in [-0.25, -0.2) is 0 Å². The fraction of sp³-hybridized carbons (Fsp3) is 0.462. The summed E-state index contributed by atoms with van der Waals surface area (Å²) in [5.74, 6) is 0.970. The van der Waals surface area contributed by atoms with Gasteiger partial charge in [0.05, 0.1) is 0 Å². The Labute approximate surface area is 110 Å². The van der Waals surface area contributed by atoms with Gasteiger partial charge in [-0.2, -0.15) is 0 Å². The summed E-state index contributed by atoms with van der Waals surface area (Å²) in [5.41, 5.74) is 7.23. The molecular formula is C13H20N2O2S. The third-order valence-electron chi connectivity index (χ3n) is 2.50. The second-order valence-corrected chi connectivity index (χ2v) is 5.70. The molecule has 18 heavy (non-hydrogen) atoms. The van der Waals surface area contributed by atoms with Crippen LogP contribution in [0, 0.1) is 0 Å². The molecule has 100 valence electrons. The molecule has 0 aliphatic rings. The summed E-state index contributed by atoms with van der Waals surface area (Å²) in [6, 6.07) is 7.44. The summed E-state index contributed by atoms with van der Waals surface area (Å²) in [7, 11) is -0.891. The number of amides is 1. The van der Waals surface area contributed by atoms with E-state index in [2.05, 4.69) is 5.32 Å². The number of nitrogens with one attached hydrogen (secondary N) is 1. The van der Waals surface area contributed by atoms with Crippen molar-refractivity contribution in [3.05, 3.63) is 29.8 Å². The Morgan fingerprint density at radius 1 is 1.33 bits per heavy atom. The van der Waals surface area contributed by atoms with Gasteiger partial charge in [0.2, 0.25) is 5.91 Å². The molecule has 0 saturated carbocycles. The van der Waals surface area contributed by atoms with Gasteiger partial charge < -0.3 is 11.1 Å². The van der Waals surface area contributed by atoms with Gasteiger partial charge in [0.25, 0.3) is 0 Å². The summed E-state index contributed by atoms with van der Waals surface area (Å²) in [5, 5.41) is 2.81. The minimum absolute atomic E-state index is 0.111. The number of carbonyl (C=O) groups is 1. The standard InChI is InChI=1S/C13H20N2O2S/c1-2-8-18(17)9-7-13(16)15-12-6-4-3-5-11(12)10-14/h3-6H,2,7-10,14H2,1H3,(H,15,16). The van der Waals surface area contributed by atoms with E-state index in [4.69, 9.17) is 5.73 Å². The summed E-state index contributed by atoms with van der Waals surface area (Å²) < 4.78 is 11.4. The van der Waals surface area contributed by atoms with Gasteiger partial charge in [-0.1, -0.05) is 25.1 Å². The van der Waals surface area contributed by atoms with Crippen LogP contribution >= 0.6 is 0 Å². The van der Waals surface area contributed by atoms with E-state index in [0.29, 0.717) is 18.1 Å². The molecule has 5 heteroatoms. The molecule has 0 aliphatic heterocycles. The maximum absolute atomic E-state index is 11.7. The van der Waals surface area contributed by atoms with Gasteiger partial charge in [0.15, 0.2) is 0 Å². The molecule has 1 amide bonds. The average Bonchev–Trinajstić information content (AvgIpc) is 2.37. The molecule has 0 spiro atoms. The monoisotopic (exact) mass is 268 g/mol. The molecule has 1 atom stereocenters. The van der Waals surface area contributed by atoms with Crippen molar-refractivity contribution in [2.75, 3.05) is 16.8 Å². The van der Waals surface area contributed by atoms with Crippen molar-refractivity contribution >= 4 is 22.4 Å². The van der Waals surface area contributed by atoms with Gasteiger partial charge in [0, 0.05) is 41.0 Å². The van der Waals surface area contributed by atoms with Crippen LogP contribution in [-0.4, -0.2) is 21.6 Å². The Kier molecular flexibility index (Phi) is 6.60. The van der Waals surface area contributed by atoms with Gasteiger partial charge in [0.1, 0.15) is 0 Å². The lowest BCUT2D eigenvalue weighted by Gasteiger charge is -2.09. The first-order valence-corrected chi connectivity index (χ1v) is 7.59. The molecule has 1 aromatic carbocycles. The summed E-state index contributed by atoms with van der Waals surface area (Å²) in [6.45, 7) is 2.37. The van der Waals surface area contributed by atoms with Crippen LogP contribution in [0.1, 0.15) is 25.3 Å². The number of hydrogen-bond acceptors (Lipinski definition) is 3. The highest BCUT2D eigenvalue weighted by Crippen LogP contribution is 2.14. The van der Waals surface area contributed by atoms with E-state index in [9.17, 15) is 9.00 Å². The molecule has 0 aromatic heterocycles. The fourth-order valence-electron chi connectivity index (χ4n) is 1.57. The highest BCUT2D eigenvalue weighted by atomic mass is 32.2. The van der Waals surface area contributed by atoms with E-state index in [-0.39, 0.29) is 12.3 Å². The van der Waals surface area contributed by atoms with Crippen LogP contribution in [0.25, 0.3) is 0 Å². The molecule has 0 radical (unpaired) electrons. The van der Waals surface area contributed by atoms with Crippen molar-refractivity contribution in [1.82, 2.24) is 0 Å².